The summed E-state index contributed by atoms with van der Waals surface area (Å²) in [5.74, 6) is 2.15. The van der Waals surface area contributed by atoms with E-state index in [1.54, 1.807) is 0 Å². The monoisotopic (exact) mass is 152 g/mol. The van der Waals surface area contributed by atoms with E-state index in [1.165, 1.54) is 19.3 Å². The van der Waals surface area contributed by atoms with Gasteiger partial charge in [-0.25, -0.2) is 4.79 Å². The Bertz CT molecular complexity index is 174. The highest BCUT2D eigenvalue weighted by atomic mass is 16.5. The number of hydrogen-bond donors (Lipinski definition) is 0. The molecule has 0 unspecified atom stereocenters. The summed E-state index contributed by atoms with van der Waals surface area (Å²) in [6, 6.07) is 0. The molecule has 0 aromatic heterocycles. The first-order valence-electron chi connectivity index (χ1n) is 3.96. The third kappa shape index (κ3) is 2.63. The van der Waals surface area contributed by atoms with Crippen LogP contribution in [0.3, 0.4) is 0 Å². The number of terminal acetylenes is 1. The lowest BCUT2D eigenvalue weighted by atomic mass is 9.83. The molecule has 0 heterocycles. The largest absolute Gasteiger partial charge is 0.456 e. The van der Waals surface area contributed by atoms with Crippen molar-refractivity contribution in [1.82, 2.24) is 0 Å². The van der Waals surface area contributed by atoms with Gasteiger partial charge >= 0.3 is 5.97 Å². The Morgan fingerprint density at radius 3 is 2.82 bits per heavy atom. The molecule has 0 aromatic carbocycles. The van der Waals surface area contributed by atoms with E-state index < -0.39 is 5.97 Å². The van der Waals surface area contributed by atoms with Gasteiger partial charge in [0.15, 0.2) is 0 Å². The van der Waals surface area contributed by atoms with Crippen molar-refractivity contribution >= 4 is 5.97 Å². The molecule has 60 valence electrons. The Morgan fingerprint density at radius 2 is 2.36 bits per heavy atom. The van der Waals surface area contributed by atoms with Crippen LogP contribution in [0.2, 0.25) is 0 Å². The van der Waals surface area contributed by atoms with Gasteiger partial charge in [0.2, 0.25) is 0 Å². The molecule has 1 fully saturated rings. The van der Waals surface area contributed by atoms with Crippen molar-refractivity contribution < 1.29 is 9.53 Å². The number of ether oxygens (including phenoxy) is 1. The molecule has 2 heteroatoms. The van der Waals surface area contributed by atoms with Crippen molar-refractivity contribution in [3.05, 3.63) is 0 Å². The van der Waals surface area contributed by atoms with E-state index >= 15 is 0 Å². The molecule has 1 saturated carbocycles. The van der Waals surface area contributed by atoms with Gasteiger partial charge in [0.05, 0.1) is 6.61 Å². The quantitative estimate of drug-likeness (QED) is 0.346. The molecule has 0 aliphatic heterocycles. The second kappa shape index (κ2) is 4.02. The molecule has 0 spiro atoms. The maximum Gasteiger partial charge on any atom is 0.384 e. The van der Waals surface area contributed by atoms with Crippen LogP contribution in [0.15, 0.2) is 0 Å². The first kappa shape index (κ1) is 8.13. The SMILES string of the molecule is C#CC(=O)OCCC1CCC1. The topological polar surface area (TPSA) is 26.3 Å². The zero-order valence-corrected chi connectivity index (χ0v) is 6.51. The fraction of sp³-hybridized carbons (Fsp3) is 0.667. The van der Waals surface area contributed by atoms with Crippen LogP contribution < -0.4 is 0 Å². The van der Waals surface area contributed by atoms with Crippen molar-refractivity contribution in [3.63, 3.8) is 0 Å². The van der Waals surface area contributed by atoms with E-state index in [4.69, 9.17) is 11.2 Å². The number of carbonyl (C=O) groups is 1. The first-order chi connectivity index (χ1) is 5.33. The smallest absolute Gasteiger partial charge is 0.384 e. The summed E-state index contributed by atoms with van der Waals surface area (Å²) in [5.41, 5.74) is 0. The molecule has 0 aromatic rings. The number of hydrogen-bond acceptors (Lipinski definition) is 2. The first-order valence-corrected chi connectivity index (χ1v) is 3.96. The number of carbonyl (C=O) groups excluding carboxylic acids is 1. The average Bonchev–Trinajstić information content (AvgIpc) is 1.94. The molecule has 0 bridgehead atoms. The predicted molar refractivity (Wildman–Crippen MR) is 41.8 cm³/mol. The van der Waals surface area contributed by atoms with Crippen LogP contribution in [-0.4, -0.2) is 12.6 Å². The number of esters is 1. The van der Waals surface area contributed by atoms with Gasteiger partial charge in [-0.3, -0.25) is 0 Å². The van der Waals surface area contributed by atoms with Crippen molar-refractivity contribution in [3.8, 4) is 12.3 Å². The Kier molecular flexibility index (Phi) is 2.97. The Hall–Kier alpha value is -0.970. The maximum atomic E-state index is 10.4. The number of rotatable bonds is 3. The zero-order valence-electron chi connectivity index (χ0n) is 6.51. The lowest BCUT2D eigenvalue weighted by Crippen LogP contribution is -2.14. The molecule has 11 heavy (non-hydrogen) atoms. The lowest BCUT2D eigenvalue weighted by Gasteiger charge is -2.24. The molecule has 0 amide bonds. The van der Waals surface area contributed by atoms with E-state index in [2.05, 4.69) is 0 Å². The van der Waals surface area contributed by atoms with Crippen LogP contribution in [0.4, 0.5) is 0 Å². The van der Waals surface area contributed by atoms with Crippen LogP contribution in [-0.2, 0) is 9.53 Å². The second-order valence-corrected chi connectivity index (χ2v) is 2.87. The average molecular weight is 152 g/mol. The van der Waals surface area contributed by atoms with Gasteiger partial charge in [-0.2, -0.15) is 0 Å². The Labute approximate surface area is 66.9 Å². The normalized spacial score (nSPS) is 16.6. The fourth-order valence-electron chi connectivity index (χ4n) is 1.14. The highest BCUT2D eigenvalue weighted by Crippen LogP contribution is 2.28. The van der Waals surface area contributed by atoms with E-state index in [9.17, 15) is 4.79 Å². The van der Waals surface area contributed by atoms with Crippen molar-refractivity contribution in [1.29, 1.82) is 0 Å². The minimum Gasteiger partial charge on any atom is -0.456 e. The van der Waals surface area contributed by atoms with Gasteiger partial charge < -0.3 is 4.74 Å². The van der Waals surface area contributed by atoms with E-state index in [1.807, 2.05) is 5.92 Å². The van der Waals surface area contributed by atoms with Gasteiger partial charge in [0.25, 0.3) is 0 Å². The third-order valence-corrected chi connectivity index (χ3v) is 2.10. The molecule has 0 radical (unpaired) electrons. The molecule has 0 N–H and O–H groups in total. The molecular formula is C9H12O2. The standard InChI is InChI=1S/C9H12O2/c1-2-9(10)11-7-6-8-4-3-5-8/h1,8H,3-7H2. The highest BCUT2D eigenvalue weighted by Gasteiger charge is 2.16. The minimum atomic E-state index is -0.538. The minimum absolute atomic E-state index is 0.494. The van der Waals surface area contributed by atoms with Crippen LogP contribution in [0.25, 0.3) is 0 Å². The Balaban J connectivity index is 1.96. The van der Waals surface area contributed by atoms with Crippen LogP contribution in [0, 0.1) is 18.3 Å². The van der Waals surface area contributed by atoms with Gasteiger partial charge in [-0.15, -0.1) is 6.42 Å². The summed E-state index contributed by atoms with van der Waals surface area (Å²) < 4.78 is 4.72. The van der Waals surface area contributed by atoms with Gasteiger partial charge in [-0.1, -0.05) is 19.3 Å². The van der Waals surface area contributed by atoms with Crippen molar-refractivity contribution in [2.45, 2.75) is 25.7 Å². The van der Waals surface area contributed by atoms with Crippen LogP contribution in [0.5, 0.6) is 0 Å². The van der Waals surface area contributed by atoms with Crippen LogP contribution in [0.1, 0.15) is 25.7 Å². The molecule has 1 aliphatic rings. The molecule has 2 nitrogen and oxygen atoms in total. The third-order valence-electron chi connectivity index (χ3n) is 2.10. The van der Waals surface area contributed by atoms with Gasteiger partial charge in [0, 0.05) is 5.92 Å². The molecule has 0 saturated heterocycles. The second-order valence-electron chi connectivity index (χ2n) is 2.87. The van der Waals surface area contributed by atoms with Gasteiger partial charge in [0.1, 0.15) is 0 Å². The summed E-state index contributed by atoms with van der Waals surface area (Å²) in [6.07, 6.45) is 9.69. The van der Waals surface area contributed by atoms with Crippen molar-refractivity contribution in [2.24, 2.45) is 5.92 Å². The summed E-state index contributed by atoms with van der Waals surface area (Å²) in [7, 11) is 0. The molecule has 0 atom stereocenters. The fourth-order valence-corrected chi connectivity index (χ4v) is 1.14. The summed E-state index contributed by atoms with van der Waals surface area (Å²) in [5, 5.41) is 0. The van der Waals surface area contributed by atoms with Gasteiger partial charge in [-0.05, 0) is 12.3 Å². The summed E-state index contributed by atoms with van der Waals surface area (Å²) in [4.78, 5) is 10.4. The highest BCUT2D eigenvalue weighted by molar-refractivity contribution is 5.87. The maximum absolute atomic E-state index is 10.4. The predicted octanol–water partition coefficient (Wildman–Crippen LogP) is 1.35. The zero-order chi connectivity index (χ0) is 8.10. The van der Waals surface area contributed by atoms with E-state index in [0.717, 1.165) is 12.3 Å². The molecule has 1 rings (SSSR count). The van der Waals surface area contributed by atoms with Crippen LogP contribution >= 0.6 is 0 Å². The summed E-state index contributed by atoms with van der Waals surface area (Å²) >= 11 is 0. The summed E-state index contributed by atoms with van der Waals surface area (Å²) in [6.45, 7) is 0.494. The van der Waals surface area contributed by atoms with Crippen molar-refractivity contribution in [2.75, 3.05) is 6.61 Å². The Morgan fingerprint density at radius 1 is 1.64 bits per heavy atom. The lowest BCUT2D eigenvalue weighted by molar-refractivity contribution is -0.137. The van der Waals surface area contributed by atoms with E-state index in [0.29, 0.717) is 6.61 Å². The molecular weight excluding hydrogens is 140 g/mol. The van der Waals surface area contributed by atoms with E-state index in [-0.39, 0.29) is 0 Å². The molecule has 1 aliphatic carbocycles.